The highest BCUT2D eigenvalue weighted by Gasteiger charge is 2.20. The zero-order valence-corrected chi connectivity index (χ0v) is 15.4. The summed E-state index contributed by atoms with van der Waals surface area (Å²) >= 11 is 6.01. The number of carbonyl (C=O) groups is 1. The predicted molar refractivity (Wildman–Crippen MR) is 101 cm³/mol. The molecule has 1 amide bonds. The predicted octanol–water partition coefficient (Wildman–Crippen LogP) is 2.59. The van der Waals surface area contributed by atoms with Gasteiger partial charge in [-0.3, -0.25) is 15.1 Å². The van der Waals surface area contributed by atoms with Crippen molar-refractivity contribution in [2.45, 2.75) is 6.54 Å². The van der Waals surface area contributed by atoms with E-state index >= 15 is 0 Å². The Morgan fingerprint density at radius 2 is 1.96 bits per heavy atom. The van der Waals surface area contributed by atoms with Crippen LogP contribution >= 0.6 is 11.6 Å². The second-order valence-electron chi connectivity index (χ2n) is 6.56. The molecule has 1 aliphatic heterocycles. The van der Waals surface area contributed by atoms with E-state index in [1.807, 2.05) is 33.9 Å². The van der Waals surface area contributed by atoms with Gasteiger partial charge in [-0.2, -0.15) is 0 Å². The highest BCUT2D eigenvalue weighted by Crippen LogP contribution is 2.14. The van der Waals surface area contributed by atoms with Crippen molar-refractivity contribution >= 4 is 23.2 Å². The van der Waals surface area contributed by atoms with Gasteiger partial charge in [0.05, 0.1) is 10.7 Å². The number of hydrogen-bond acceptors (Lipinski definition) is 4. The van der Waals surface area contributed by atoms with Crippen molar-refractivity contribution in [2.75, 3.05) is 26.2 Å². The van der Waals surface area contributed by atoms with Gasteiger partial charge < -0.3 is 4.40 Å². The molecule has 0 saturated carbocycles. The van der Waals surface area contributed by atoms with Crippen molar-refractivity contribution in [2.24, 2.45) is 0 Å². The highest BCUT2D eigenvalue weighted by atomic mass is 35.5. The van der Waals surface area contributed by atoms with E-state index in [1.165, 1.54) is 18.2 Å². The first-order valence-electron chi connectivity index (χ1n) is 8.74. The van der Waals surface area contributed by atoms with Crippen LogP contribution in [0.4, 0.5) is 4.39 Å². The van der Waals surface area contributed by atoms with E-state index in [1.54, 1.807) is 6.07 Å². The topological polar surface area (TPSA) is 52.9 Å². The fourth-order valence-electron chi connectivity index (χ4n) is 3.18. The molecule has 1 aromatic carbocycles. The van der Waals surface area contributed by atoms with Gasteiger partial charge in [0, 0.05) is 50.7 Å². The fourth-order valence-corrected chi connectivity index (χ4v) is 3.35. The van der Waals surface area contributed by atoms with E-state index in [-0.39, 0.29) is 5.91 Å². The molecule has 3 aromatic rings. The van der Waals surface area contributed by atoms with Gasteiger partial charge in [0.25, 0.3) is 5.91 Å². The van der Waals surface area contributed by atoms with Crippen LogP contribution in [0, 0.1) is 5.82 Å². The van der Waals surface area contributed by atoms with E-state index in [9.17, 15) is 9.18 Å². The van der Waals surface area contributed by atoms with Crippen molar-refractivity contribution in [1.82, 2.24) is 24.7 Å². The van der Waals surface area contributed by atoms with Gasteiger partial charge in [-0.1, -0.05) is 17.7 Å². The maximum Gasteiger partial charge on any atom is 0.265 e. The van der Waals surface area contributed by atoms with E-state index in [2.05, 4.69) is 15.3 Å². The quantitative estimate of drug-likeness (QED) is 0.747. The molecule has 27 heavy (non-hydrogen) atoms. The number of nitrogens with zero attached hydrogens (tertiary/aromatic N) is 4. The number of hydrogen-bond donors (Lipinski definition) is 1. The maximum atomic E-state index is 13.2. The van der Waals surface area contributed by atoms with Crippen LogP contribution in [0.5, 0.6) is 0 Å². The standard InChI is InChI=1S/C19H19ClFN5O/c20-15-4-5-18-22-17(13-25(18)11-15)12-24-6-8-26(9-7-24)23-19(27)14-2-1-3-16(21)10-14/h1-5,10-11,13H,6-9,12H2,(H,23,27). The first-order valence-corrected chi connectivity index (χ1v) is 9.11. The minimum atomic E-state index is -0.416. The summed E-state index contributed by atoms with van der Waals surface area (Å²) in [5, 5.41) is 2.54. The van der Waals surface area contributed by atoms with E-state index in [0.29, 0.717) is 23.7 Å². The van der Waals surface area contributed by atoms with Crippen LogP contribution < -0.4 is 5.43 Å². The van der Waals surface area contributed by atoms with Crippen molar-refractivity contribution in [3.05, 3.63) is 70.9 Å². The largest absolute Gasteiger partial charge is 0.305 e. The molecule has 0 atom stereocenters. The van der Waals surface area contributed by atoms with E-state index in [0.717, 1.165) is 31.0 Å². The number of pyridine rings is 1. The number of rotatable bonds is 4. The Labute approximate surface area is 161 Å². The maximum absolute atomic E-state index is 13.2. The number of nitrogens with one attached hydrogen (secondary N) is 1. The molecule has 2 aromatic heterocycles. The Hall–Kier alpha value is -2.48. The van der Waals surface area contributed by atoms with Crippen molar-refractivity contribution in [3.8, 4) is 0 Å². The first kappa shape index (κ1) is 17.9. The number of imidazole rings is 1. The zero-order valence-electron chi connectivity index (χ0n) is 14.6. The number of fused-ring (bicyclic) bond motifs is 1. The molecular formula is C19H19ClFN5O. The zero-order chi connectivity index (χ0) is 18.8. The lowest BCUT2D eigenvalue weighted by Crippen LogP contribution is -2.53. The van der Waals surface area contributed by atoms with Crippen LogP contribution in [0.3, 0.4) is 0 Å². The average Bonchev–Trinajstić information content (AvgIpc) is 3.04. The number of hydrazine groups is 1. The molecule has 0 bridgehead atoms. The summed E-state index contributed by atoms with van der Waals surface area (Å²) in [7, 11) is 0. The molecule has 0 aliphatic carbocycles. The number of amides is 1. The Morgan fingerprint density at radius 3 is 2.74 bits per heavy atom. The lowest BCUT2D eigenvalue weighted by Gasteiger charge is -2.34. The summed E-state index contributed by atoms with van der Waals surface area (Å²) in [6, 6.07) is 9.41. The van der Waals surface area contributed by atoms with Gasteiger partial charge in [0.1, 0.15) is 11.5 Å². The Morgan fingerprint density at radius 1 is 1.15 bits per heavy atom. The summed E-state index contributed by atoms with van der Waals surface area (Å²) in [6.45, 7) is 3.74. The molecule has 1 N–H and O–H groups in total. The van der Waals surface area contributed by atoms with Crippen LogP contribution in [0.25, 0.3) is 5.65 Å². The second kappa shape index (κ2) is 7.64. The average molecular weight is 388 g/mol. The molecule has 1 saturated heterocycles. The lowest BCUT2D eigenvalue weighted by atomic mass is 10.2. The number of carbonyl (C=O) groups excluding carboxylic acids is 1. The minimum absolute atomic E-state index is 0.292. The van der Waals surface area contributed by atoms with Gasteiger partial charge in [-0.15, -0.1) is 0 Å². The highest BCUT2D eigenvalue weighted by molar-refractivity contribution is 6.30. The SMILES string of the molecule is O=C(NN1CCN(Cc2cn3cc(Cl)ccc3n2)CC1)c1cccc(F)c1. The third-order valence-electron chi connectivity index (χ3n) is 4.57. The number of aromatic nitrogens is 2. The fraction of sp³-hybridized carbons (Fsp3) is 0.263. The molecule has 0 radical (unpaired) electrons. The van der Waals surface area contributed by atoms with E-state index < -0.39 is 5.82 Å². The molecule has 1 aliphatic rings. The molecule has 3 heterocycles. The third-order valence-corrected chi connectivity index (χ3v) is 4.79. The van der Waals surface area contributed by atoms with Gasteiger partial charge in [0.2, 0.25) is 0 Å². The minimum Gasteiger partial charge on any atom is -0.305 e. The number of halogens is 2. The third kappa shape index (κ3) is 4.27. The van der Waals surface area contributed by atoms with Crippen LogP contribution in [-0.4, -0.2) is 51.4 Å². The Kier molecular flexibility index (Phi) is 5.07. The Balaban J connectivity index is 1.31. The molecule has 6 nitrogen and oxygen atoms in total. The van der Waals surface area contributed by atoms with Gasteiger partial charge in [-0.25, -0.2) is 14.4 Å². The van der Waals surface area contributed by atoms with E-state index in [4.69, 9.17) is 11.6 Å². The summed E-state index contributed by atoms with van der Waals surface area (Å²) in [6.07, 6.45) is 3.83. The van der Waals surface area contributed by atoms with Gasteiger partial charge in [0.15, 0.2) is 0 Å². The normalized spacial score (nSPS) is 15.9. The molecule has 1 fully saturated rings. The summed E-state index contributed by atoms with van der Waals surface area (Å²) in [4.78, 5) is 19.1. The smallest absolute Gasteiger partial charge is 0.265 e. The molecule has 0 unspecified atom stereocenters. The van der Waals surface area contributed by atoms with Crippen molar-refractivity contribution in [1.29, 1.82) is 0 Å². The Bertz CT molecular complexity index is 968. The lowest BCUT2D eigenvalue weighted by molar-refractivity contribution is 0.0602. The van der Waals surface area contributed by atoms with Crippen LogP contribution in [0.2, 0.25) is 5.02 Å². The molecule has 0 spiro atoms. The van der Waals surface area contributed by atoms with Crippen molar-refractivity contribution in [3.63, 3.8) is 0 Å². The summed E-state index contributed by atoms with van der Waals surface area (Å²) in [5.74, 6) is -0.707. The second-order valence-corrected chi connectivity index (χ2v) is 7.00. The van der Waals surface area contributed by atoms with Crippen LogP contribution in [0.15, 0.2) is 48.8 Å². The van der Waals surface area contributed by atoms with Crippen LogP contribution in [-0.2, 0) is 6.54 Å². The van der Waals surface area contributed by atoms with Gasteiger partial charge in [-0.05, 0) is 30.3 Å². The summed E-state index contributed by atoms with van der Waals surface area (Å²) in [5.41, 5.74) is 5.01. The molecular weight excluding hydrogens is 369 g/mol. The monoisotopic (exact) mass is 387 g/mol. The summed E-state index contributed by atoms with van der Waals surface area (Å²) < 4.78 is 15.2. The number of benzene rings is 1. The van der Waals surface area contributed by atoms with Gasteiger partial charge >= 0.3 is 0 Å². The van der Waals surface area contributed by atoms with Crippen LogP contribution in [0.1, 0.15) is 16.1 Å². The molecule has 4 rings (SSSR count). The molecule has 140 valence electrons. The first-order chi connectivity index (χ1) is 13.1. The van der Waals surface area contributed by atoms with Crippen molar-refractivity contribution < 1.29 is 9.18 Å². The number of piperazine rings is 1. The molecule has 8 heteroatoms.